The number of non-ortho nitro benzene ring substituents is 1. The highest BCUT2D eigenvalue weighted by molar-refractivity contribution is 6.33. The van der Waals surface area contributed by atoms with Crippen LogP contribution in [-0.4, -0.2) is 43.0 Å². The summed E-state index contributed by atoms with van der Waals surface area (Å²) in [5.41, 5.74) is -0.0987. The molecule has 0 aliphatic rings. The Bertz CT molecular complexity index is 764. The maximum atomic E-state index is 12.4. The van der Waals surface area contributed by atoms with Crippen LogP contribution in [0.4, 0.5) is 5.69 Å². The monoisotopic (exact) mass is 364 g/mol. The van der Waals surface area contributed by atoms with Crippen LogP contribution < -0.4 is 9.47 Å². The summed E-state index contributed by atoms with van der Waals surface area (Å²) in [5, 5.41) is 11.0. The fraction of sp³-hybridized carbons (Fsp3) is 0.235. The van der Waals surface area contributed by atoms with Gasteiger partial charge < -0.3 is 14.4 Å². The van der Waals surface area contributed by atoms with E-state index < -0.39 is 10.8 Å². The Kier molecular flexibility index (Phi) is 6.19. The molecule has 132 valence electrons. The Morgan fingerprint density at radius 1 is 1.20 bits per heavy atom. The molecule has 25 heavy (non-hydrogen) atoms. The van der Waals surface area contributed by atoms with Crippen LogP contribution in [0, 0.1) is 10.1 Å². The molecule has 0 heterocycles. The predicted octanol–water partition coefficient (Wildman–Crippen LogP) is 3.41. The van der Waals surface area contributed by atoms with Crippen LogP contribution in [0.2, 0.25) is 5.02 Å². The van der Waals surface area contributed by atoms with E-state index in [9.17, 15) is 14.9 Å². The first-order valence-corrected chi connectivity index (χ1v) is 7.76. The maximum absolute atomic E-state index is 12.4. The van der Waals surface area contributed by atoms with E-state index in [4.69, 9.17) is 21.1 Å². The molecule has 0 unspecified atom stereocenters. The van der Waals surface area contributed by atoms with Crippen molar-refractivity contribution in [3.05, 3.63) is 63.2 Å². The molecule has 1 amide bonds. The number of hydrogen-bond donors (Lipinski definition) is 0. The van der Waals surface area contributed by atoms with Gasteiger partial charge in [-0.2, -0.15) is 0 Å². The van der Waals surface area contributed by atoms with Gasteiger partial charge in [0.15, 0.2) is 0 Å². The zero-order chi connectivity index (χ0) is 18.4. The topological polar surface area (TPSA) is 81.9 Å². The van der Waals surface area contributed by atoms with E-state index in [1.165, 1.54) is 23.1 Å². The summed E-state index contributed by atoms with van der Waals surface area (Å²) < 4.78 is 10.6. The van der Waals surface area contributed by atoms with Gasteiger partial charge in [-0.15, -0.1) is 0 Å². The molecule has 0 N–H and O–H groups in total. The number of nitro benzene ring substituents is 1. The summed E-state index contributed by atoms with van der Waals surface area (Å²) in [6, 6.07) is 10.8. The summed E-state index contributed by atoms with van der Waals surface area (Å²) in [6.45, 7) is 0.561. The molecule has 0 aliphatic carbocycles. The maximum Gasteiger partial charge on any atom is 0.270 e. The van der Waals surface area contributed by atoms with Gasteiger partial charge >= 0.3 is 0 Å². The summed E-state index contributed by atoms with van der Waals surface area (Å²) in [7, 11) is 3.16. The average Bonchev–Trinajstić information content (AvgIpc) is 2.61. The fourth-order valence-electron chi connectivity index (χ4n) is 2.07. The number of ether oxygens (including phenoxy) is 2. The second-order valence-corrected chi connectivity index (χ2v) is 5.58. The van der Waals surface area contributed by atoms with Crippen molar-refractivity contribution in [2.45, 2.75) is 0 Å². The number of benzene rings is 2. The molecule has 0 saturated heterocycles. The van der Waals surface area contributed by atoms with Crippen molar-refractivity contribution in [3.63, 3.8) is 0 Å². The molecular weight excluding hydrogens is 348 g/mol. The van der Waals surface area contributed by atoms with Gasteiger partial charge in [-0.25, -0.2) is 0 Å². The Labute approximate surface area is 149 Å². The standard InChI is InChI=1S/C17H17ClN2O5/c1-19(9-10-25-14-6-4-13(24-2)5-7-14)17(21)15-11-12(20(22)23)3-8-16(15)18/h3-8,11H,9-10H2,1-2H3. The quantitative estimate of drug-likeness (QED) is 0.555. The SMILES string of the molecule is COc1ccc(OCCN(C)C(=O)c2cc([N+](=O)[O-])ccc2Cl)cc1. The molecule has 2 aromatic carbocycles. The smallest absolute Gasteiger partial charge is 0.270 e. The Hall–Kier alpha value is -2.80. The van der Waals surface area contributed by atoms with Crippen LogP contribution in [0.25, 0.3) is 0 Å². The summed E-state index contributed by atoms with van der Waals surface area (Å²) in [5.74, 6) is 0.960. The minimum Gasteiger partial charge on any atom is -0.497 e. The van der Waals surface area contributed by atoms with E-state index in [1.54, 1.807) is 38.4 Å². The van der Waals surface area contributed by atoms with Gasteiger partial charge in [0.25, 0.3) is 11.6 Å². The number of carbonyl (C=O) groups excluding carboxylic acids is 1. The third kappa shape index (κ3) is 4.84. The third-order valence-electron chi connectivity index (χ3n) is 3.49. The van der Waals surface area contributed by atoms with Crippen molar-refractivity contribution in [1.29, 1.82) is 0 Å². The van der Waals surface area contributed by atoms with Crippen molar-refractivity contribution in [2.24, 2.45) is 0 Å². The molecule has 0 bridgehead atoms. The number of amides is 1. The lowest BCUT2D eigenvalue weighted by Gasteiger charge is -2.18. The highest BCUT2D eigenvalue weighted by Crippen LogP contribution is 2.23. The van der Waals surface area contributed by atoms with Crippen LogP contribution in [0.1, 0.15) is 10.4 Å². The summed E-state index contributed by atoms with van der Waals surface area (Å²) in [4.78, 5) is 24.1. The van der Waals surface area contributed by atoms with Gasteiger partial charge in [0.2, 0.25) is 0 Å². The van der Waals surface area contributed by atoms with E-state index >= 15 is 0 Å². The second-order valence-electron chi connectivity index (χ2n) is 5.17. The lowest BCUT2D eigenvalue weighted by Crippen LogP contribution is -2.31. The number of rotatable bonds is 7. The van der Waals surface area contributed by atoms with Crippen LogP contribution in [0.3, 0.4) is 0 Å². The van der Waals surface area contributed by atoms with E-state index in [0.717, 1.165) is 5.75 Å². The third-order valence-corrected chi connectivity index (χ3v) is 3.82. The summed E-state index contributed by atoms with van der Waals surface area (Å²) in [6.07, 6.45) is 0. The lowest BCUT2D eigenvalue weighted by molar-refractivity contribution is -0.384. The van der Waals surface area contributed by atoms with Crippen LogP contribution in [-0.2, 0) is 0 Å². The Morgan fingerprint density at radius 2 is 1.84 bits per heavy atom. The van der Waals surface area contributed by atoms with Crippen LogP contribution in [0.15, 0.2) is 42.5 Å². The van der Waals surface area contributed by atoms with E-state index in [-0.39, 0.29) is 22.9 Å². The number of nitrogens with zero attached hydrogens (tertiary/aromatic N) is 2. The predicted molar refractivity (Wildman–Crippen MR) is 93.6 cm³/mol. The fourth-order valence-corrected chi connectivity index (χ4v) is 2.27. The molecule has 0 aromatic heterocycles. The lowest BCUT2D eigenvalue weighted by atomic mass is 10.2. The van der Waals surface area contributed by atoms with Gasteiger partial charge in [0.1, 0.15) is 18.1 Å². The highest BCUT2D eigenvalue weighted by atomic mass is 35.5. The Balaban J connectivity index is 1.95. The van der Waals surface area contributed by atoms with E-state index in [1.807, 2.05) is 0 Å². The number of hydrogen-bond acceptors (Lipinski definition) is 5. The van der Waals surface area contributed by atoms with Crippen molar-refractivity contribution in [3.8, 4) is 11.5 Å². The minimum absolute atomic E-state index is 0.0859. The van der Waals surface area contributed by atoms with Crippen LogP contribution >= 0.6 is 11.6 Å². The van der Waals surface area contributed by atoms with E-state index in [0.29, 0.717) is 12.3 Å². The van der Waals surface area contributed by atoms with Crippen molar-refractivity contribution in [1.82, 2.24) is 4.90 Å². The molecular formula is C17H17ClN2O5. The molecule has 0 saturated carbocycles. The first kappa shape index (κ1) is 18.5. The first-order valence-electron chi connectivity index (χ1n) is 7.38. The molecule has 0 radical (unpaired) electrons. The van der Waals surface area contributed by atoms with E-state index in [2.05, 4.69) is 0 Å². The Morgan fingerprint density at radius 3 is 2.44 bits per heavy atom. The largest absolute Gasteiger partial charge is 0.497 e. The zero-order valence-corrected chi connectivity index (χ0v) is 14.5. The molecule has 7 nitrogen and oxygen atoms in total. The number of methoxy groups -OCH3 is 1. The van der Waals surface area contributed by atoms with Gasteiger partial charge in [-0.05, 0) is 30.3 Å². The summed E-state index contributed by atoms with van der Waals surface area (Å²) >= 11 is 5.99. The van der Waals surface area contributed by atoms with Crippen molar-refractivity contribution in [2.75, 3.05) is 27.3 Å². The van der Waals surface area contributed by atoms with Gasteiger partial charge in [-0.1, -0.05) is 11.6 Å². The molecule has 0 spiro atoms. The molecule has 0 aliphatic heterocycles. The molecule has 8 heteroatoms. The number of nitro groups is 1. The van der Waals surface area contributed by atoms with Gasteiger partial charge in [0.05, 0.1) is 29.2 Å². The molecule has 2 rings (SSSR count). The van der Waals surface area contributed by atoms with Crippen LogP contribution in [0.5, 0.6) is 11.5 Å². The van der Waals surface area contributed by atoms with Gasteiger partial charge in [0, 0.05) is 19.2 Å². The number of halogens is 1. The molecule has 0 atom stereocenters. The minimum atomic E-state index is -0.570. The zero-order valence-electron chi connectivity index (χ0n) is 13.8. The molecule has 0 fully saturated rings. The van der Waals surface area contributed by atoms with Gasteiger partial charge in [-0.3, -0.25) is 14.9 Å². The van der Waals surface area contributed by atoms with Crippen molar-refractivity contribution < 1.29 is 19.2 Å². The average molecular weight is 365 g/mol. The van der Waals surface area contributed by atoms with Crippen molar-refractivity contribution >= 4 is 23.2 Å². The number of carbonyl (C=O) groups is 1. The highest BCUT2D eigenvalue weighted by Gasteiger charge is 2.19. The normalized spacial score (nSPS) is 10.2. The first-order chi connectivity index (χ1) is 11.9. The molecule has 2 aromatic rings. The second kappa shape index (κ2) is 8.34. The number of likely N-dealkylation sites (N-methyl/N-ethyl adjacent to an activating group) is 1.